The van der Waals surface area contributed by atoms with Crippen LogP contribution in [0, 0.1) is 5.92 Å². The van der Waals surface area contributed by atoms with Gasteiger partial charge in [0.2, 0.25) is 5.91 Å². The first-order valence-corrected chi connectivity index (χ1v) is 8.86. The van der Waals surface area contributed by atoms with Gasteiger partial charge in [-0.15, -0.1) is 12.4 Å². The minimum atomic E-state index is -0.158. The Balaban J connectivity index is 0.00000312. The standard InChI is InChI=1S/C19H29N3O2.ClH/c1-14(13-20-2)18(23)21-17-12-8-7-11-16(17)19(24)22(3)15-9-5-4-6-10-15;/h7-8,11-12,14-15,20H,4-6,9-10,13H2,1-3H3,(H,21,23);1H. The fourth-order valence-electron chi connectivity index (χ4n) is 3.26. The third-order valence-electron chi connectivity index (χ3n) is 4.82. The van der Waals surface area contributed by atoms with Crippen molar-refractivity contribution in [2.24, 2.45) is 5.92 Å². The molecule has 1 aliphatic rings. The molecule has 1 saturated carbocycles. The van der Waals surface area contributed by atoms with Gasteiger partial charge in [0.25, 0.3) is 5.91 Å². The maximum Gasteiger partial charge on any atom is 0.255 e. The molecule has 0 aliphatic heterocycles. The van der Waals surface area contributed by atoms with Crippen LogP contribution in [0.25, 0.3) is 0 Å². The predicted molar refractivity (Wildman–Crippen MR) is 104 cm³/mol. The van der Waals surface area contributed by atoms with Gasteiger partial charge in [-0.2, -0.15) is 0 Å². The van der Waals surface area contributed by atoms with Crippen LogP contribution in [0.1, 0.15) is 49.4 Å². The molecule has 0 spiro atoms. The third kappa shape index (κ3) is 5.72. The topological polar surface area (TPSA) is 61.4 Å². The van der Waals surface area contributed by atoms with Gasteiger partial charge in [-0.05, 0) is 32.0 Å². The Bertz CT molecular complexity index is 574. The zero-order valence-corrected chi connectivity index (χ0v) is 16.2. The maximum atomic E-state index is 12.9. The minimum Gasteiger partial charge on any atom is -0.339 e. The normalized spacial score (nSPS) is 15.8. The van der Waals surface area contributed by atoms with Crippen LogP contribution in [0.5, 0.6) is 0 Å². The molecule has 1 unspecified atom stereocenters. The summed E-state index contributed by atoms with van der Waals surface area (Å²) >= 11 is 0. The van der Waals surface area contributed by atoms with Crippen molar-refractivity contribution in [2.75, 3.05) is 26.0 Å². The Labute approximate surface area is 157 Å². The molecule has 1 fully saturated rings. The van der Waals surface area contributed by atoms with E-state index in [0.717, 1.165) is 12.8 Å². The highest BCUT2D eigenvalue weighted by Crippen LogP contribution is 2.25. The van der Waals surface area contributed by atoms with Crippen molar-refractivity contribution in [3.63, 3.8) is 0 Å². The van der Waals surface area contributed by atoms with Gasteiger partial charge in [-0.3, -0.25) is 9.59 Å². The Kier molecular flexibility index (Phi) is 8.93. The SMILES string of the molecule is CNCC(C)C(=O)Nc1ccccc1C(=O)N(C)C1CCCCC1.Cl. The van der Waals surface area contributed by atoms with E-state index in [0.29, 0.717) is 23.8 Å². The highest BCUT2D eigenvalue weighted by atomic mass is 35.5. The first-order valence-electron chi connectivity index (χ1n) is 8.86. The number of carbonyl (C=O) groups excluding carboxylic acids is 2. The minimum absolute atomic E-state index is 0. The fraction of sp³-hybridized carbons (Fsp3) is 0.579. The number of rotatable bonds is 6. The summed E-state index contributed by atoms with van der Waals surface area (Å²) < 4.78 is 0. The zero-order chi connectivity index (χ0) is 17.5. The molecule has 2 rings (SSSR count). The van der Waals surface area contributed by atoms with E-state index >= 15 is 0 Å². The van der Waals surface area contributed by atoms with Crippen molar-refractivity contribution in [1.82, 2.24) is 10.2 Å². The average Bonchev–Trinajstić information content (AvgIpc) is 2.62. The van der Waals surface area contributed by atoms with E-state index in [-0.39, 0.29) is 30.1 Å². The number of halogens is 1. The fourth-order valence-corrected chi connectivity index (χ4v) is 3.26. The molecule has 0 bridgehead atoms. The largest absolute Gasteiger partial charge is 0.339 e. The van der Waals surface area contributed by atoms with Crippen LogP contribution in [0.4, 0.5) is 5.69 Å². The molecule has 140 valence electrons. The molecule has 1 aromatic carbocycles. The summed E-state index contributed by atoms with van der Waals surface area (Å²) in [6.07, 6.45) is 5.75. The van der Waals surface area contributed by atoms with Crippen LogP contribution in [0.2, 0.25) is 0 Å². The average molecular weight is 368 g/mol. The van der Waals surface area contributed by atoms with Crippen molar-refractivity contribution in [2.45, 2.75) is 45.1 Å². The molecular weight excluding hydrogens is 338 g/mol. The summed E-state index contributed by atoms with van der Waals surface area (Å²) in [5.41, 5.74) is 1.16. The van der Waals surface area contributed by atoms with E-state index < -0.39 is 0 Å². The quantitative estimate of drug-likeness (QED) is 0.810. The van der Waals surface area contributed by atoms with Crippen LogP contribution >= 0.6 is 12.4 Å². The van der Waals surface area contributed by atoms with Crippen LogP contribution in [-0.2, 0) is 4.79 Å². The number of hydrogen-bond acceptors (Lipinski definition) is 3. The second-order valence-corrected chi connectivity index (χ2v) is 6.70. The third-order valence-corrected chi connectivity index (χ3v) is 4.82. The van der Waals surface area contributed by atoms with Crippen molar-refractivity contribution in [3.05, 3.63) is 29.8 Å². The molecule has 5 nitrogen and oxygen atoms in total. The summed E-state index contributed by atoms with van der Waals surface area (Å²) in [4.78, 5) is 27.0. The van der Waals surface area contributed by atoms with E-state index in [9.17, 15) is 9.59 Å². The summed E-state index contributed by atoms with van der Waals surface area (Å²) in [7, 11) is 3.70. The summed E-state index contributed by atoms with van der Waals surface area (Å²) in [6.45, 7) is 2.47. The number of nitrogens with one attached hydrogen (secondary N) is 2. The molecule has 1 aliphatic carbocycles. The molecule has 6 heteroatoms. The van der Waals surface area contributed by atoms with E-state index in [2.05, 4.69) is 10.6 Å². The Morgan fingerprint density at radius 3 is 2.48 bits per heavy atom. The Hall–Kier alpha value is -1.59. The predicted octanol–water partition coefficient (Wildman–Crippen LogP) is 3.31. The number of amides is 2. The van der Waals surface area contributed by atoms with Crippen LogP contribution in [-0.4, -0.2) is 43.4 Å². The number of nitrogens with zero attached hydrogens (tertiary/aromatic N) is 1. The van der Waals surface area contributed by atoms with Gasteiger partial charge < -0.3 is 15.5 Å². The smallest absolute Gasteiger partial charge is 0.255 e. The molecule has 25 heavy (non-hydrogen) atoms. The lowest BCUT2D eigenvalue weighted by Gasteiger charge is -2.31. The molecule has 0 saturated heterocycles. The summed E-state index contributed by atoms with van der Waals surface area (Å²) in [6, 6.07) is 7.58. The lowest BCUT2D eigenvalue weighted by Crippen LogP contribution is -2.38. The molecule has 0 aromatic heterocycles. The molecule has 2 N–H and O–H groups in total. The van der Waals surface area contributed by atoms with Crippen molar-refractivity contribution in [3.8, 4) is 0 Å². The van der Waals surface area contributed by atoms with E-state index in [1.807, 2.05) is 38.1 Å². The van der Waals surface area contributed by atoms with Crippen LogP contribution < -0.4 is 10.6 Å². The van der Waals surface area contributed by atoms with E-state index in [4.69, 9.17) is 0 Å². The van der Waals surface area contributed by atoms with Crippen molar-refractivity contribution < 1.29 is 9.59 Å². The molecule has 0 heterocycles. The lowest BCUT2D eigenvalue weighted by molar-refractivity contribution is -0.119. The molecule has 2 amide bonds. The molecule has 1 atom stereocenters. The van der Waals surface area contributed by atoms with E-state index in [1.54, 1.807) is 12.1 Å². The zero-order valence-electron chi connectivity index (χ0n) is 15.4. The van der Waals surface area contributed by atoms with Crippen molar-refractivity contribution >= 4 is 29.9 Å². The van der Waals surface area contributed by atoms with Gasteiger partial charge in [0, 0.05) is 25.6 Å². The molecule has 1 aromatic rings. The van der Waals surface area contributed by atoms with Crippen LogP contribution in [0.15, 0.2) is 24.3 Å². The Morgan fingerprint density at radius 1 is 1.20 bits per heavy atom. The first kappa shape index (κ1) is 21.5. The number of para-hydroxylation sites is 1. The van der Waals surface area contributed by atoms with Gasteiger partial charge in [-0.25, -0.2) is 0 Å². The molecular formula is C19H30ClN3O2. The summed E-state index contributed by atoms with van der Waals surface area (Å²) in [5, 5.41) is 5.90. The highest BCUT2D eigenvalue weighted by Gasteiger charge is 2.25. The maximum absolute atomic E-state index is 12.9. The van der Waals surface area contributed by atoms with Gasteiger partial charge >= 0.3 is 0 Å². The van der Waals surface area contributed by atoms with E-state index in [1.165, 1.54) is 19.3 Å². The highest BCUT2D eigenvalue weighted by molar-refractivity contribution is 6.04. The van der Waals surface area contributed by atoms with Gasteiger partial charge in [0.15, 0.2) is 0 Å². The van der Waals surface area contributed by atoms with Crippen LogP contribution in [0.3, 0.4) is 0 Å². The van der Waals surface area contributed by atoms with Gasteiger partial charge in [0.05, 0.1) is 11.3 Å². The first-order chi connectivity index (χ1) is 11.5. The van der Waals surface area contributed by atoms with Gasteiger partial charge in [0.1, 0.15) is 0 Å². The number of hydrogen-bond donors (Lipinski definition) is 2. The summed E-state index contributed by atoms with van der Waals surface area (Å²) in [5.74, 6) is -0.252. The van der Waals surface area contributed by atoms with Crippen molar-refractivity contribution in [1.29, 1.82) is 0 Å². The Morgan fingerprint density at radius 2 is 1.84 bits per heavy atom. The monoisotopic (exact) mass is 367 g/mol. The second-order valence-electron chi connectivity index (χ2n) is 6.70. The number of anilines is 1. The molecule has 0 radical (unpaired) electrons. The number of benzene rings is 1. The second kappa shape index (κ2) is 10.4. The number of carbonyl (C=O) groups is 2. The van der Waals surface area contributed by atoms with Gasteiger partial charge in [-0.1, -0.05) is 38.3 Å². The lowest BCUT2D eigenvalue weighted by atomic mass is 9.94.